The number of hydrogen-bond donors (Lipinski definition) is 2. The maximum absolute atomic E-state index is 12.9. The Morgan fingerprint density at radius 1 is 1.17 bits per heavy atom. The van der Waals surface area contributed by atoms with E-state index in [4.69, 9.17) is 22.1 Å². The highest BCUT2D eigenvalue weighted by Gasteiger charge is 2.50. The summed E-state index contributed by atoms with van der Waals surface area (Å²) in [5, 5.41) is 3.71. The minimum Gasteiger partial charge on any atom is -0.494 e. The molecule has 0 spiro atoms. The average Bonchev–Trinajstić information content (AvgIpc) is 2.69. The van der Waals surface area contributed by atoms with E-state index in [1.165, 1.54) is 38.5 Å². The zero-order chi connectivity index (χ0) is 20.3. The van der Waals surface area contributed by atoms with Gasteiger partial charge in [-0.3, -0.25) is 4.79 Å². The van der Waals surface area contributed by atoms with E-state index in [0.29, 0.717) is 34.9 Å². The highest BCUT2D eigenvalue weighted by atomic mass is 35.5. The van der Waals surface area contributed by atoms with Crippen molar-refractivity contribution in [2.75, 3.05) is 31.2 Å². The molecular weight excluding hydrogens is 404 g/mol. The Hall–Kier alpha value is -0.910. The van der Waals surface area contributed by atoms with Crippen LogP contribution in [-0.4, -0.2) is 37.1 Å². The number of nitrogens with two attached hydrogens (primary N) is 1. The Morgan fingerprint density at radius 2 is 1.86 bits per heavy atom. The smallest absolute Gasteiger partial charge is 0.252 e. The Bertz CT molecular complexity index is 692. The molecule has 4 bridgehead atoms. The minimum atomic E-state index is -0.0744. The lowest BCUT2D eigenvalue weighted by Gasteiger charge is -2.56. The summed E-state index contributed by atoms with van der Waals surface area (Å²) in [7, 11) is 0. The largest absolute Gasteiger partial charge is 0.494 e. The highest BCUT2D eigenvalue weighted by Crippen LogP contribution is 2.59. The number of halogens is 1. The number of carbonyl (C=O) groups is 1. The first-order valence-corrected chi connectivity index (χ1v) is 12.6. The third-order valence-electron chi connectivity index (χ3n) is 6.94. The van der Waals surface area contributed by atoms with Gasteiger partial charge in [-0.05, 0) is 92.1 Å². The predicted octanol–water partition coefficient (Wildman–Crippen LogP) is 4.75. The quantitative estimate of drug-likeness (QED) is 0.519. The zero-order valence-corrected chi connectivity index (χ0v) is 18.7. The monoisotopic (exact) mass is 436 g/mol. The third-order valence-corrected chi connectivity index (χ3v) is 8.37. The van der Waals surface area contributed by atoms with Crippen LogP contribution in [0.15, 0.2) is 18.2 Å². The lowest BCUT2D eigenvalue weighted by atomic mass is 9.49. The standard InChI is InChI=1S/C23H33ClN2O2S/c24-21-3-2-19(28-5-1-6-29-7-4-25)11-20(21)22(27)26-15-23-12-16-8-17(13-23)10-18(9-16)14-23/h2-3,11,16-18H,1,4-10,12-15,25H2,(H,26,27). The number of benzene rings is 1. The molecular formula is C23H33ClN2O2S. The summed E-state index contributed by atoms with van der Waals surface area (Å²) in [6.07, 6.45) is 9.09. The molecule has 1 amide bonds. The maximum Gasteiger partial charge on any atom is 0.252 e. The van der Waals surface area contributed by atoms with Crippen molar-refractivity contribution in [1.82, 2.24) is 5.32 Å². The molecule has 4 aliphatic rings. The molecule has 1 aromatic carbocycles. The molecule has 4 aliphatic carbocycles. The highest BCUT2D eigenvalue weighted by molar-refractivity contribution is 7.99. The van der Waals surface area contributed by atoms with Gasteiger partial charge in [0.2, 0.25) is 0 Å². The van der Waals surface area contributed by atoms with Gasteiger partial charge in [-0.25, -0.2) is 0 Å². The first-order valence-electron chi connectivity index (χ1n) is 11.1. The normalized spacial score (nSPS) is 29.8. The van der Waals surface area contributed by atoms with Gasteiger partial charge in [0.05, 0.1) is 17.2 Å². The van der Waals surface area contributed by atoms with Crippen LogP contribution in [0.25, 0.3) is 0 Å². The van der Waals surface area contributed by atoms with E-state index in [9.17, 15) is 4.79 Å². The lowest BCUT2D eigenvalue weighted by Crippen LogP contribution is -2.51. The van der Waals surface area contributed by atoms with Gasteiger partial charge in [0.15, 0.2) is 0 Å². The van der Waals surface area contributed by atoms with Crippen molar-refractivity contribution < 1.29 is 9.53 Å². The van der Waals surface area contributed by atoms with Crippen molar-refractivity contribution >= 4 is 29.3 Å². The second-order valence-electron chi connectivity index (χ2n) is 9.34. The van der Waals surface area contributed by atoms with E-state index in [-0.39, 0.29) is 5.91 Å². The summed E-state index contributed by atoms with van der Waals surface area (Å²) in [6.45, 7) is 2.13. The van der Waals surface area contributed by atoms with Crippen LogP contribution < -0.4 is 15.8 Å². The number of nitrogens with one attached hydrogen (secondary N) is 1. The van der Waals surface area contributed by atoms with E-state index in [1.807, 2.05) is 17.8 Å². The fourth-order valence-electron chi connectivity index (χ4n) is 6.17. The molecule has 4 fully saturated rings. The molecule has 0 unspecified atom stereocenters. The molecule has 0 saturated heterocycles. The van der Waals surface area contributed by atoms with Crippen LogP contribution in [0.3, 0.4) is 0 Å². The molecule has 3 N–H and O–H groups in total. The molecule has 0 aromatic heterocycles. The van der Waals surface area contributed by atoms with Gasteiger partial charge >= 0.3 is 0 Å². The van der Waals surface area contributed by atoms with E-state index < -0.39 is 0 Å². The van der Waals surface area contributed by atoms with Gasteiger partial charge in [0.25, 0.3) is 5.91 Å². The van der Waals surface area contributed by atoms with E-state index >= 15 is 0 Å². The summed E-state index contributed by atoms with van der Waals surface area (Å²) >= 11 is 8.17. The number of rotatable bonds is 10. The topological polar surface area (TPSA) is 64.3 Å². The second kappa shape index (κ2) is 9.49. The molecule has 6 heteroatoms. The molecule has 4 saturated carbocycles. The summed E-state index contributed by atoms with van der Waals surface area (Å²) in [5.41, 5.74) is 6.34. The summed E-state index contributed by atoms with van der Waals surface area (Å²) in [6, 6.07) is 5.38. The van der Waals surface area contributed by atoms with E-state index in [2.05, 4.69) is 5.32 Å². The SMILES string of the molecule is NCCSCCCOc1ccc(Cl)c(C(=O)NCC23CC4CC(CC(C4)C2)C3)c1. The van der Waals surface area contributed by atoms with E-state index in [1.54, 1.807) is 12.1 Å². The molecule has 1 aromatic rings. The summed E-state index contributed by atoms with van der Waals surface area (Å²) in [4.78, 5) is 12.9. The van der Waals surface area contributed by atoms with Crippen LogP contribution in [-0.2, 0) is 0 Å². The predicted molar refractivity (Wildman–Crippen MR) is 121 cm³/mol. The lowest BCUT2D eigenvalue weighted by molar-refractivity contribution is -0.0503. The van der Waals surface area contributed by atoms with Gasteiger partial charge in [0, 0.05) is 18.8 Å². The van der Waals surface area contributed by atoms with Crippen molar-refractivity contribution in [2.45, 2.75) is 44.9 Å². The van der Waals surface area contributed by atoms with Gasteiger partial charge in [-0.1, -0.05) is 11.6 Å². The molecule has 0 radical (unpaired) electrons. The third kappa shape index (κ3) is 5.23. The first-order chi connectivity index (χ1) is 14.1. The Balaban J connectivity index is 1.30. The first kappa shape index (κ1) is 21.3. The van der Waals surface area contributed by atoms with Crippen LogP contribution in [0.5, 0.6) is 5.75 Å². The summed E-state index contributed by atoms with van der Waals surface area (Å²) in [5.74, 6) is 5.32. The second-order valence-corrected chi connectivity index (χ2v) is 11.0. The van der Waals surface area contributed by atoms with Crippen molar-refractivity contribution in [3.8, 4) is 5.75 Å². The molecule has 160 valence electrons. The number of carbonyl (C=O) groups excluding carboxylic acids is 1. The number of ether oxygens (including phenoxy) is 1. The van der Waals surface area contributed by atoms with Gasteiger partial charge in [-0.2, -0.15) is 11.8 Å². The molecule has 0 aliphatic heterocycles. The molecule has 5 rings (SSSR count). The van der Waals surface area contributed by atoms with Crippen LogP contribution >= 0.6 is 23.4 Å². The minimum absolute atomic E-state index is 0.0744. The van der Waals surface area contributed by atoms with Gasteiger partial charge in [0.1, 0.15) is 5.75 Å². The van der Waals surface area contributed by atoms with Crippen molar-refractivity contribution in [3.63, 3.8) is 0 Å². The maximum atomic E-state index is 12.9. The fourth-order valence-corrected chi connectivity index (χ4v) is 7.07. The molecule has 29 heavy (non-hydrogen) atoms. The van der Waals surface area contributed by atoms with Crippen LogP contribution in [0.1, 0.15) is 55.3 Å². The Labute approximate surface area is 183 Å². The number of thioether (sulfide) groups is 1. The van der Waals surface area contributed by atoms with Crippen LogP contribution in [0, 0.1) is 23.2 Å². The zero-order valence-electron chi connectivity index (χ0n) is 17.1. The average molecular weight is 437 g/mol. The van der Waals surface area contributed by atoms with Gasteiger partial charge < -0.3 is 15.8 Å². The van der Waals surface area contributed by atoms with Crippen LogP contribution in [0.4, 0.5) is 0 Å². The van der Waals surface area contributed by atoms with Crippen molar-refractivity contribution in [2.24, 2.45) is 28.9 Å². The van der Waals surface area contributed by atoms with E-state index in [0.717, 1.165) is 42.2 Å². The molecule has 0 heterocycles. The van der Waals surface area contributed by atoms with Crippen molar-refractivity contribution in [1.29, 1.82) is 0 Å². The number of amides is 1. The summed E-state index contributed by atoms with van der Waals surface area (Å²) < 4.78 is 5.83. The van der Waals surface area contributed by atoms with Gasteiger partial charge in [-0.15, -0.1) is 0 Å². The van der Waals surface area contributed by atoms with Crippen molar-refractivity contribution in [3.05, 3.63) is 28.8 Å². The number of hydrogen-bond acceptors (Lipinski definition) is 4. The Kier molecular flexibility index (Phi) is 6.98. The fraction of sp³-hybridized carbons (Fsp3) is 0.696. The van der Waals surface area contributed by atoms with Crippen LogP contribution in [0.2, 0.25) is 5.02 Å². The Morgan fingerprint density at radius 3 is 2.52 bits per heavy atom. The molecule has 0 atom stereocenters. The molecule has 4 nitrogen and oxygen atoms in total.